The minimum Gasteiger partial charge on any atom is -0.388 e. The van der Waals surface area contributed by atoms with Crippen molar-refractivity contribution in [1.29, 1.82) is 0 Å². The van der Waals surface area contributed by atoms with Crippen molar-refractivity contribution in [2.45, 2.75) is 4.90 Å². The van der Waals surface area contributed by atoms with Gasteiger partial charge in [-0.25, -0.2) is 8.42 Å². The molecule has 3 N–H and O–H groups in total. The average molecular weight is 362 g/mol. The Hall–Kier alpha value is -1.41. The Bertz CT molecular complexity index is 793. The van der Waals surface area contributed by atoms with Gasteiger partial charge < -0.3 is 5.73 Å². The first-order valence-electron chi connectivity index (χ1n) is 5.53. The number of hydrogen-bond acceptors (Lipinski definition) is 4. The van der Waals surface area contributed by atoms with Crippen molar-refractivity contribution in [3.05, 3.63) is 52.3 Å². The highest BCUT2D eigenvalue weighted by molar-refractivity contribution is 7.92. The molecule has 0 saturated heterocycles. The first kappa shape index (κ1) is 16.0. The van der Waals surface area contributed by atoms with Crippen LogP contribution in [0, 0.1) is 0 Å². The van der Waals surface area contributed by atoms with Crippen LogP contribution < -0.4 is 10.5 Å². The molecule has 0 aliphatic carbocycles. The van der Waals surface area contributed by atoms with E-state index in [1.165, 1.54) is 24.3 Å². The van der Waals surface area contributed by atoms with Gasteiger partial charge >= 0.3 is 0 Å². The Kier molecular flexibility index (Phi) is 4.67. The van der Waals surface area contributed by atoms with E-state index in [2.05, 4.69) is 9.71 Å². The largest absolute Gasteiger partial charge is 0.388 e. The summed E-state index contributed by atoms with van der Waals surface area (Å²) in [6, 6.07) is 7.24. The zero-order valence-electron chi connectivity index (χ0n) is 10.4. The van der Waals surface area contributed by atoms with E-state index in [1.807, 2.05) is 0 Å². The van der Waals surface area contributed by atoms with Crippen LogP contribution in [0.5, 0.6) is 0 Å². The molecular formula is C12H9Cl2N3O2S2. The number of aromatic nitrogens is 1. The Morgan fingerprint density at radius 1 is 1.24 bits per heavy atom. The first-order chi connectivity index (χ1) is 9.79. The lowest BCUT2D eigenvalue weighted by Gasteiger charge is -2.10. The molecule has 2 rings (SSSR count). The second-order valence-corrected chi connectivity index (χ2v) is 6.94. The quantitative estimate of drug-likeness (QED) is 0.817. The van der Waals surface area contributed by atoms with Crippen molar-refractivity contribution >= 4 is 56.1 Å². The average Bonchev–Trinajstić information content (AvgIpc) is 2.43. The molecule has 0 bridgehead atoms. The van der Waals surface area contributed by atoms with Crippen LogP contribution in [-0.2, 0) is 10.0 Å². The summed E-state index contributed by atoms with van der Waals surface area (Å²) in [5.74, 6) is 0. The number of halogens is 2. The summed E-state index contributed by atoms with van der Waals surface area (Å²) in [6.45, 7) is 0. The molecule has 0 aliphatic rings. The summed E-state index contributed by atoms with van der Waals surface area (Å²) in [4.78, 5) is 3.93. The van der Waals surface area contributed by atoms with Crippen LogP contribution in [-0.4, -0.2) is 18.4 Å². The number of nitrogens with one attached hydrogen (secondary N) is 1. The number of hydrogen-bond donors (Lipinski definition) is 2. The SMILES string of the molecule is NC(=S)c1ccc(S(=O)(=O)Nc2cc(Cl)ccc2Cl)cn1. The zero-order chi connectivity index (χ0) is 15.6. The predicted octanol–water partition coefficient (Wildman–Crippen LogP) is 2.82. The van der Waals surface area contributed by atoms with Gasteiger partial charge in [-0.2, -0.15) is 0 Å². The molecule has 2 aromatic rings. The number of rotatable bonds is 4. The molecule has 0 fully saturated rings. The second-order valence-electron chi connectivity index (χ2n) is 3.97. The summed E-state index contributed by atoms with van der Waals surface area (Å²) in [5, 5.41) is 0.592. The maximum Gasteiger partial charge on any atom is 0.263 e. The fraction of sp³-hybridized carbons (Fsp3) is 0. The maximum atomic E-state index is 12.2. The molecule has 5 nitrogen and oxygen atoms in total. The Balaban J connectivity index is 2.34. The van der Waals surface area contributed by atoms with E-state index in [1.54, 1.807) is 6.07 Å². The van der Waals surface area contributed by atoms with Gasteiger partial charge in [-0.05, 0) is 30.3 Å². The topological polar surface area (TPSA) is 85.1 Å². The number of thiocarbonyl (C=S) groups is 1. The van der Waals surface area contributed by atoms with Gasteiger partial charge in [0.25, 0.3) is 10.0 Å². The second kappa shape index (κ2) is 6.15. The smallest absolute Gasteiger partial charge is 0.263 e. The standard InChI is InChI=1S/C12H9Cl2N3O2S2/c13-7-1-3-9(14)11(5-7)17-21(18,19)8-2-4-10(12(15)20)16-6-8/h1-6,17H,(H2,15,20). The predicted molar refractivity (Wildman–Crippen MR) is 87.4 cm³/mol. The van der Waals surface area contributed by atoms with Crippen LogP contribution in [0.25, 0.3) is 0 Å². The van der Waals surface area contributed by atoms with Gasteiger partial charge in [0, 0.05) is 11.2 Å². The molecule has 0 atom stereocenters. The summed E-state index contributed by atoms with van der Waals surface area (Å²) in [5.41, 5.74) is 5.93. The summed E-state index contributed by atoms with van der Waals surface area (Å²) >= 11 is 16.5. The van der Waals surface area contributed by atoms with E-state index >= 15 is 0 Å². The van der Waals surface area contributed by atoms with Crippen molar-refractivity contribution in [3.63, 3.8) is 0 Å². The molecule has 1 aromatic carbocycles. The molecule has 21 heavy (non-hydrogen) atoms. The monoisotopic (exact) mass is 361 g/mol. The third-order valence-electron chi connectivity index (χ3n) is 2.47. The highest BCUT2D eigenvalue weighted by atomic mass is 35.5. The molecule has 0 unspecified atom stereocenters. The molecular weight excluding hydrogens is 353 g/mol. The van der Waals surface area contributed by atoms with E-state index in [0.717, 1.165) is 6.20 Å². The number of sulfonamides is 1. The van der Waals surface area contributed by atoms with Crippen LogP contribution in [0.2, 0.25) is 10.0 Å². The van der Waals surface area contributed by atoms with Crippen LogP contribution in [0.15, 0.2) is 41.4 Å². The third-order valence-corrected chi connectivity index (χ3v) is 4.60. The third kappa shape index (κ3) is 3.82. The lowest BCUT2D eigenvalue weighted by Crippen LogP contribution is -2.15. The number of nitrogens with two attached hydrogens (primary N) is 1. The number of pyridine rings is 1. The summed E-state index contributed by atoms with van der Waals surface area (Å²) < 4.78 is 26.8. The zero-order valence-corrected chi connectivity index (χ0v) is 13.5. The minimum absolute atomic E-state index is 0.0430. The molecule has 0 radical (unpaired) electrons. The molecule has 0 aliphatic heterocycles. The van der Waals surface area contributed by atoms with E-state index in [-0.39, 0.29) is 20.6 Å². The normalized spacial score (nSPS) is 11.1. The van der Waals surface area contributed by atoms with Crippen molar-refractivity contribution in [2.75, 3.05) is 4.72 Å². The first-order valence-corrected chi connectivity index (χ1v) is 8.18. The van der Waals surface area contributed by atoms with Gasteiger partial charge in [0.1, 0.15) is 9.88 Å². The van der Waals surface area contributed by atoms with Gasteiger partial charge in [0.2, 0.25) is 0 Å². The van der Waals surface area contributed by atoms with Crippen molar-refractivity contribution in [1.82, 2.24) is 4.98 Å². The minimum atomic E-state index is -3.83. The van der Waals surface area contributed by atoms with Crippen molar-refractivity contribution < 1.29 is 8.42 Å². The molecule has 1 heterocycles. The molecule has 0 amide bonds. The lowest BCUT2D eigenvalue weighted by atomic mass is 10.3. The van der Waals surface area contributed by atoms with Crippen LogP contribution >= 0.6 is 35.4 Å². The molecule has 0 spiro atoms. The number of anilines is 1. The van der Waals surface area contributed by atoms with Crippen LogP contribution in [0.4, 0.5) is 5.69 Å². The van der Waals surface area contributed by atoms with E-state index in [4.69, 9.17) is 41.2 Å². The molecule has 1 aromatic heterocycles. The van der Waals surface area contributed by atoms with E-state index in [0.29, 0.717) is 10.7 Å². The van der Waals surface area contributed by atoms with E-state index in [9.17, 15) is 8.42 Å². The molecule has 9 heteroatoms. The Morgan fingerprint density at radius 2 is 1.95 bits per heavy atom. The summed E-state index contributed by atoms with van der Waals surface area (Å²) in [6.07, 6.45) is 1.16. The molecule has 110 valence electrons. The van der Waals surface area contributed by atoms with Gasteiger partial charge in [-0.1, -0.05) is 35.4 Å². The Labute approximate surface area is 137 Å². The summed E-state index contributed by atoms with van der Waals surface area (Å²) in [7, 11) is -3.83. The Morgan fingerprint density at radius 3 is 2.52 bits per heavy atom. The van der Waals surface area contributed by atoms with Gasteiger partial charge in [0.15, 0.2) is 0 Å². The highest BCUT2D eigenvalue weighted by Gasteiger charge is 2.16. The van der Waals surface area contributed by atoms with Crippen LogP contribution in [0.3, 0.4) is 0 Å². The van der Waals surface area contributed by atoms with E-state index < -0.39 is 10.0 Å². The van der Waals surface area contributed by atoms with Crippen LogP contribution in [0.1, 0.15) is 5.69 Å². The lowest BCUT2D eigenvalue weighted by molar-refractivity contribution is 0.601. The molecule has 0 saturated carbocycles. The number of nitrogens with zero attached hydrogens (tertiary/aromatic N) is 1. The maximum absolute atomic E-state index is 12.2. The van der Waals surface area contributed by atoms with Crippen molar-refractivity contribution in [2.24, 2.45) is 5.73 Å². The fourth-order valence-electron chi connectivity index (χ4n) is 1.46. The van der Waals surface area contributed by atoms with Gasteiger partial charge in [0.05, 0.1) is 16.4 Å². The number of benzene rings is 1. The fourth-order valence-corrected chi connectivity index (χ4v) is 2.99. The highest BCUT2D eigenvalue weighted by Crippen LogP contribution is 2.27. The van der Waals surface area contributed by atoms with Gasteiger partial charge in [-0.15, -0.1) is 0 Å². The van der Waals surface area contributed by atoms with Gasteiger partial charge in [-0.3, -0.25) is 9.71 Å². The van der Waals surface area contributed by atoms with Crippen molar-refractivity contribution in [3.8, 4) is 0 Å².